The highest BCUT2D eigenvalue weighted by Crippen LogP contribution is 2.38. The topological polar surface area (TPSA) is 23.1 Å². The summed E-state index contributed by atoms with van der Waals surface area (Å²) in [5.41, 5.74) is 1.97. The maximum Gasteiger partial charge on any atom is 0.179 e. The van der Waals surface area contributed by atoms with E-state index in [1.54, 1.807) is 6.26 Å². The molecule has 3 rings (SSSR count). The lowest BCUT2D eigenvalue weighted by atomic mass is 10.0. The van der Waals surface area contributed by atoms with Gasteiger partial charge in [0, 0.05) is 10.9 Å². The molecule has 0 heterocycles. The van der Waals surface area contributed by atoms with Gasteiger partial charge in [-0.1, -0.05) is 66.2 Å². The molecule has 0 aliphatic rings. The van der Waals surface area contributed by atoms with Gasteiger partial charge in [0.05, 0.1) is 0 Å². The summed E-state index contributed by atoms with van der Waals surface area (Å²) in [7, 11) is 0. The van der Waals surface area contributed by atoms with E-state index in [1.165, 1.54) is 0 Å². The third-order valence-electron chi connectivity index (χ3n) is 3.31. The van der Waals surface area contributed by atoms with Crippen LogP contribution in [-0.2, 0) is 11.2 Å². The largest absolute Gasteiger partial charge is 0.612 e. The normalized spacial score (nSPS) is 12.6. The fourth-order valence-corrected chi connectivity index (χ4v) is 3.85. The Bertz CT molecular complexity index is 754. The molecule has 3 aromatic carbocycles. The van der Waals surface area contributed by atoms with E-state index in [0.717, 1.165) is 21.9 Å². The zero-order chi connectivity index (χ0) is 14.1. The maximum absolute atomic E-state index is 12.1. The second-order valence-corrected chi connectivity index (χ2v) is 6.30. The quantitative estimate of drug-likeness (QED) is 0.617. The number of rotatable bonds is 2. The van der Waals surface area contributed by atoms with Crippen LogP contribution in [0.15, 0.2) is 65.6 Å². The van der Waals surface area contributed by atoms with Gasteiger partial charge >= 0.3 is 0 Å². The third-order valence-corrected chi connectivity index (χ3v) is 4.82. The van der Waals surface area contributed by atoms with Crippen LogP contribution >= 0.6 is 11.6 Å². The fourth-order valence-electron chi connectivity index (χ4n) is 2.40. The molecule has 0 bridgehead atoms. The Morgan fingerprint density at radius 1 is 0.950 bits per heavy atom. The van der Waals surface area contributed by atoms with Crippen molar-refractivity contribution in [2.24, 2.45) is 0 Å². The van der Waals surface area contributed by atoms with E-state index >= 15 is 0 Å². The molecule has 1 atom stereocenters. The Morgan fingerprint density at radius 3 is 2.30 bits per heavy atom. The van der Waals surface area contributed by atoms with Crippen LogP contribution in [0.2, 0.25) is 5.02 Å². The lowest BCUT2D eigenvalue weighted by Crippen LogP contribution is -2.02. The van der Waals surface area contributed by atoms with Gasteiger partial charge in [-0.2, -0.15) is 0 Å². The fraction of sp³-hybridized carbons (Fsp3) is 0.0588. The molecule has 0 amide bonds. The van der Waals surface area contributed by atoms with Gasteiger partial charge in [0.25, 0.3) is 0 Å². The summed E-state index contributed by atoms with van der Waals surface area (Å²) in [4.78, 5) is 0.705. The average molecular weight is 301 g/mol. The summed E-state index contributed by atoms with van der Waals surface area (Å²) in [6.45, 7) is 0. The first kappa shape index (κ1) is 13.5. The standard InChI is InChI=1S/C17H13ClOS/c1-20(19)17-15(12-7-3-2-4-8-12)11-13-9-5-6-10-14(13)16(17)18/h2-11H,1H3. The molecule has 0 aliphatic heterocycles. The van der Waals surface area contributed by atoms with Crippen molar-refractivity contribution in [3.63, 3.8) is 0 Å². The first-order valence-corrected chi connectivity index (χ1v) is 8.22. The molecule has 1 nitrogen and oxygen atoms in total. The van der Waals surface area contributed by atoms with Gasteiger partial charge in [0.15, 0.2) is 4.90 Å². The molecule has 0 radical (unpaired) electrons. The van der Waals surface area contributed by atoms with Crippen molar-refractivity contribution in [2.75, 3.05) is 6.26 Å². The molecule has 100 valence electrons. The van der Waals surface area contributed by atoms with Crippen molar-refractivity contribution in [2.45, 2.75) is 4.90 Å². The van der Waals surface area contributed by atoms with E-state index in [1.807, 2.05) is 54.6 Å². The minimum atomic E-state index is -1.14. The summed E-state index contributed by atoms with van der Waals surface area (Å²) in [6.07, 6.45) is 1.67. The smallest absolute Gasteiger partial charge is 0.179 e. The van der Waals surface area contributed by atoms with E-state index in [4.69, 9.17) is 11.6 Å². The molecule has 20 heavy (non-hydrogen) atoms. The highest BCUT2D eigenvalue weighted by molar-refractivity contribution is 7.91. The Morgan fingerprint density at radius 2 is 1.60 bits per heavy atom. The van der Waals surface area contributed by atoms with Crippen LogP contribution in [0, 0.1) is 0 Å². The van der Waals surface area contributed by atoms with Gasteiger partial charge < -0.3 is 4.55 Å². The molecular weight excluding hydrogens is 288 g/mol. The zero-order valence-electron chi connectivity index (χ0n) is 11.0. The van der Waals surface area contributed by atoms with Crippen molar-refractivity contribution in [1.82, 2.24) is 0 Å². The highest BCUT2D eigenvalue weighted by atomic mass is 35.5. The van der Waals surface area contributed by atoms with Gasteiger partial charge in [-0.15, -0.1) is 0 Å². The van der Waals surface area contributed by atoms with Crippen LogP contribution in [-0.4, -0.2) is 10.8 Å². The number of halogens is 1. The molecular formula is C17H13ClOS. The molecule has 3 heteroatoms. The van der Waals surface area contributed by atoms with Crippen molar-refractivity contribution >= 4 is 33.5 Å². The molecule has 0 spiro atoms. The van der Waals surface area contributed by atoms with Crippen LogP contribution in [0.1, 0.15) is 0 Å². The number of hydrogen-bond acceptors (Lipinski definition) is 1. The average Bonchev–Trinajstić information content (AvgIpc) is 2.47. The van der Waals surface area contributed by atoms with Gasteiger partial charge in [0.2, 0.25) is 0 Å². The molecule has 3 aromatic rings. The predicted molar refractivity (Wildman–Crippen MR) is 86.7 cm³/mol. The lowest BCUT2D eigenvalue weighted by Gasteiger charge is -2.14. The van der Waals surface area contributed by atoms with Crippen molar-refractivity contribution in [3.05, 3.63) is 65.7 Å². The molecule has 0 N–H and O–H groups in total. The van der Waals surface area contributed by atoms with Crippen molar-refractivity contribution < 1.29 is 4.55 Å². The zero-order valence-corrected chi connectivity index (χ0v) is 12.5. The summed E-state index contributed by atoms with van der Waals surface area (Å²) in [5.74, 6) is 0. The summed E-state index contributed by atoms with van der Waals surface area (Å²) in [6, 6.07) is 19.9. The van der Waals surface area contributed by atoms with Crippen molar-refractivity contribution in [1.29, 1.82) is 0 Å². The lowest BCUT2D eigenvalue weighted by molar-refractivity contribution is 0.601. The van der Waals surface area contributed by atoms with E-state index in [9.17, 15) is 4.55 Å². The SMILES string of the molecule is C[S+]([O-])c1c(-c2ccccc2)cc2ccccc2c1Cl. The third kappa shape index (κ3) is 2.31. The monoisotopic (exact) mass is 300 g/mol. The Hall–Kier alpha value is -1.48. The Balaban J connectivity index is 2.38. The highest BCUT2D eigenvalue weighted by Gasteiger charge is 2.20. The van der Waals surface area contributed by atoms with Crippen LogP contribution in [0.5, 0.6) is 0 Å². The number of benzene rings is 3. The summed E-state index contributed by atoms with van der Waals surface area (Å²) < 4.78 is 12.1. The maximum atomic E-state index is 12.1. The Kier molecular flexibility index (Phi) is 3.70. The van der Waals surface area contributed by atoms with E-state index in [0.29, 0.717) is 9.92 Å². The van der Waals surface area contributed by atoms with Crippen LogP contribution in [0.3, 0.4) is 0 Å². The van der Waals surface area contributed by atoms with Gasteiger partial charge in [0.1, 0.15) is 11.3 Å². The first-order chi connectivity index (χ1) is 9.68. The molecule has 1 unspecified atom stereocenters. The van der Waals surface area contributed by atoms with Crippen LogP contribution in [0.25, 0.3) is 21.9 Å². The Labute approximate surface area is 126 Å². The van der Waals surface area contributed by atoms with Crippen LogP contribution < -0.4 is 0 Å². The molecule has 0 aromatic heterocycles. The van der Waals surface area contributed by atoms with E-state index in [-0.39, 0.29) is 0 Å². The number of fused-ring (bicyclic) bond motifs is 1. The second kappa shape index (κ2) is 5.49. The molecule has 0 aliphatic carbocycles. The van der Waals surface area contributed by atoms with Gasteiger partial charge in [-0.3, -0.25) is 0 Å². The minimum Gasteiger partial charge on any atom is -0.612 e. The predicted octanol–water partition coefficient (Wildman–Crippen LogP) is 4.90. The van der Waals surface area contributed by atoms with Gasteiger partial charge in [-0.05, 0) is 28.2 Å². The molecule has 0 saturated carbocycles. The molecule has 0 saturated heterocycles. The summed E-state index contributed by atoms with van der Waals surface area (Å²) in [5, 5.41) is 2.59. The number of hydrogen-bond donors (Lipinski definition) is 0. The molecule has 0 fully saturated rings. The summed E-state index contributed by atoms with van der Waals surface area (Å²) >= 11 is 5.36. The minimum absolute atomic E-state index is 0.586. The first-order valence-electron chi connectivity index (χ1n) is 6.28. The second-order valence-electron chi connectivity index (χ2n) is 4.61. The van der Waals surface area contributed by atoms with Crippen molar-refractivity contribution in [3.8, 4) is 11.1 Å². The van der Waals surface area contributed by atoms with Crippen LogP contribution in [0.4, 0.5) is 0 Å². The van der Waals surface area contributed by atoms with E-state index in [2.05, 4.69) is 6.07 Å². The van der Waals surface area contributed by atoms with Gasteiger partial charge in [-0.25, -0.2) is 0 Å². The van der Waals surface area contributed by atoms with E-state index < -0.39 is 11.2 Å².